The van der Waals surface area contributed by atoms with Gasteiger partial charge < -0.3 is 9.47 Å². The molecule has 0 aliphatic rings. The van der Waals surface area contributed by atoms with Crippen molar-refractivity contribution in [2.75, 3.05) is 6.61 Å². The topological polar surface area (TPSA) is 101 Å². The zero-order chi connectivity index (χ0) is 22.1. The summed E-state index contributed by atoms with van der Waals surface area (Å²) in [6, 6.07) is 21.8. The van der Waals surface area contributed by atoms with E-state index in [1.807, 2.05) is 6.07 Å². The van der Waals surface area contributed by atoms with Gasteiger partial charge >= 0.3 is 5.97 Å². The molecule has 3 aromatic rings. The molecule has 3 aromatic carbocycles. The van der Waals surface area contributed by atoms with Crippen LogP contribution in [0.15, 0.2) is 77.9 Å². The van der Waals surface area contributed by atoms with Crippen molar-refractivity contribution in [1.82, 2.24) is 5.43 Å². The first-order valence-electron chi connectivity index (χ1n) is 9.07. The van der Waals surface area contributed by atoms with Crippen LogP contribution in [0.1, 0.15) is 21.5 Å². The van der Waals surface area contributed by atoms with Crippen LogP contribution in [-0.2, 0) is 4.79 Å². The second kappa shape index (κ2) is 10.6. The number of nitriles is 1. The Morgan fingerprint density at radius 1 is 1.03 bits per heavy atom. The number of rotatable bonds is 7. The van der Waals surface area contributed by atoms with E-state index in [1.54, 1.807) is 72.8 Å². The van der Waals surface area contributed by atoms with E-state index < -0.39 is 11.9 Å². The molecule has 0 spiro atoms. The molecule has 0 aliphatic heterocycles. The molecule has 0 bridgehead atoms. The van der Waals surface area contributed by atoms with E-state index in [-0.39, 0.29) is 12.2 Å². The summed E-state index contributed by atoms with van der Waals surface area (Å²) in [5, 5.41) is 13.2. The number of hydrogen-bond donors (Lipinski definition) is 1. The smallest absolute Gasteiger partial charge is 0.345 e. The van der Waals surface area contributed by atoms with Gasteiger partial charge in [0.15, 0.2) is 6.61 Å². The highest BCUT2D eigenvalue weighted by Gasteiger charge is 2.12. The van der Waals surface area contributed by atoms with E-state index in [0.717, 1.165) is 0 Å². The molecule has 7 nitrogen and oxygen atoms in total. The minimum Gasteiger partial charge on any atom is -0.482 e. The first kappa shape index (κ1) is 21.6. The van der Waals surface area contributed by atoms with E-state index in [9.17, 15) is 9.59 Å². The van der Waals surface area contributed by atoms with Gasteiger partial charge in [-0.05, 0) is 54.1 Å². The van der Waals surface area contributed by atoms with Gasteiger partial charge in [-0.2, -0.15) is 10.4 Å². The number of esters is 1. The first-order valence-corrected chi connectivity index (χ1v) is 9.45. The lowest BCUT2D eigenvalue weighted by molar-refractivity contribution is -0.123. The van der Waals surface area contributed by atoms with Crippen molar-refractivity contribution in [3.8, 4) is 17.6 Å². The van der Waals surface area contributed by atoms with Crippen molar-refractivity contribution in [3.05, 3.63) is 94.5 Å². The Hall–Kier alpha value is -4.15. The van der Waals surface area contributed by atoms with E-state index in [4.69, 9.17) is 26.3 Å². The third-order valence-electron chi connectivity index (χ3n) is 3.95. The highest BCUT2D eigenvalue weighted by molar-refractivity contribution is 6.33. The number of hydrazone groups is 1. The van der Waals surface area contributed by atoms with Crippen LogP contribution in [-0.4, -0.2) is 24.7 Å². The van der Waals surface area contributed by atoms with Gasteiger partial charge in [-0.15, -0.1) is 0 Å². The van der Waals surface area contributed by atoms with Gasteiger partial charge in [-0.1, -0.05) is 35.9 Å². The molecule has 0 aliphatic carbocycles. The van der Waals surface area contributed by atoms with Gasteiger partial charge in [0.25, 0.3) is 5.91 Å². The summed E-state index contributed by atoms with van der Waals surface area (Å²) in [7, 11) is 0. The fraction of sp³-hybridized carbons (Fsp3) is 0.0435. The van der Waals surface area contributed by atoms with Crippen LogP contribution >= 0.6 is 11.6 Å². The Kier molecular flexibility index (Phi) is 7.35. The molecule has 31 heavy (non-hydrogen) atoms. The molecule has 0 heterocycles. The van der Waals surface area contributed by atoms with Gasteiger partial charge in [0, 0.05) is 0 Å². The lowest BCUT2D eigenvalue weighted by Crippen LogP contribution is -2.24. The molecular weight excluding hydrogens is 418 g/mol. The summed E-state index contributed by atoms with van der Waals surface area (Å²) >= 11 is 5.99. The van der Waals surface area contributed by atoms with Gasteiger partial charge in [0.1, 0.15) is 17.6 Å². The molecule has 1 N–H and O–H groups in total. The fourth-order valence-electron chi connectivity index (χ4n) is 2.45. The Balaban J connectivity index is 1.49. The highest BCUT2D eigenvalue weighted by atomic mass is 35.5. The average Bonchev–Trinajstić information content (AvgIpc) is 2.79. The maximum atomic E-state index is 12.2. The van der Waals surface area contributed by atoms with Crippen molar-refractivity contribution < 1.29 is 19.1 Å². The average molecular weight is 434 g/mol. The summed E-state index contributed by atoms with van der Waals surface area (Å²) in [6.07, 6.45) is 1.43. The standard InChI is InChI=1S/C23H16ClN3O4/c24-20-7-3-2-6-19(20)23(29)31-18-11-9-16(10-12-18)14-26-27-22(28)15-30-21-8-4-1-5-17(21)13-25/h1-12,14H,15H2,(H,27,28)/b26-14+. The number of hydrogen-bond acceptors (Lipinski definition) is 6. The Morgan fingerprint density at radius 2 is 1.74 bits per heavy atom. The zero-order valence-electron chi connectivity index (χ0n) is 16.1. The van der Waals surface area contributed by atoms with Crippen molar-refractivity contribution in [3.63, 3.8) is 0 Å². The fourth-order valence-corrected chi connectivity index (χ4v) is 2.66. The number of halogens is 1. The van der Waals surface area contributed by atoms with E-state index >= 15 is 0 Å². The zero-order valence-corrected chi connectivity index (χ0v) is 16.9. The molecular formula is C23H16ClN3O4. The van der Waals surface area contributed by atoms with Crippen molar-refractivity contribution in [2.24, 2.45) is 5.10 Å². The predicted molar refractivity (Wildman–Crippen MR) is 115 cm³/mol. The molecule has 0 saturated carbocycles. The summed E-state index contributed by atoms with van der Waals surface area (Å²) in [5.41, 5.74) is 3.63. The van der Waals surface area contributed by atoms with Crippen LogP contribution in [0, 0.1) is 11.3 Å². The summed E-state index contributed by atoms with van der Waals surface area (Å²) in [4.78, 5) is 24.0. The molecule has 0 saturated heterocycles. The molecule has 0 aromatic heterocycles. The number of carbonyl (C=O) groups excluding carboxylic acids is 2. The highest BCUT2D eigenvalue weighted by Crippen LogP contribution is 2.19. The Morgan fingerprint density at radius 3 is 2.48 bits per heavy atom. The number of nitrogens with one attached hydrogen (secondary N) is 1. The minimum atomic E-state index is -0.558. The van der Waals surface area contributed by atoms with Gasteiger partial charge in [0.05, 0.1) is 22.4 Å². The van der Waals surface area contributed by atoms with Crippen LogP contribution in [0.4, 0.5) is 0 Å². The summed E-state index contributed by atoms with van der Waals surface area (Å²) in [6.45, 7) is -0.285. The Bertz CT molecular complexity index is 1150. The monoisotopic (exact) mass is 433 g/mol. The van der Waals surface area contributed by atoms with Crippen LogP contribution in [0.3, 0.4) is 0 Å². The third kappa shape index (κ3) is 6.16. The largest absolute Gasteiger partial charge is 0.482 e. The second-order valence-electron chi connectivity index (χ2n) is 6.13. The molecule has 1 amide bonds. The number of benzene rings is 3. The lowest BCUT2D eigenvalue weighted by atomic mass is 10.2. The van der Waals surface area contributed by atoms with Gasteiger partial charge in [-0.3, -0.25) is 4.79 Å². The normalized spacial score (nSPS) is 10.3. The molecule has 8 heteroatoms. The number of carbonyl (C=O) groups is 2. The van der Waals surface area contributed by atoms with Crippen LogP contribution < -0.4 is 14.9 Å². The van der Waals surface area contributed by atoms with Gasteiger partial charge in [-0.25, -0.2) is 10.2 Å². The van der Waals surface area contributed by atoms with E-state index in [1.165, 1.54) is 6.21 Å². The molecule has 0 unspecified atom stereocenters. The molecule has 0 radical (unpaired) electrons. The number of nitrogens with zero attached hydrogens (tertiary/aromatic N) is 2. The summed E-state index contributed by atoms with van der Waals surface area (Å²) in [5.74, 6) is -0.367. The second-order valence-corrected chi connectivity index (χ2v) is 6.54. The SMILES string of the molecule is N#Cc1ccccc1OCC(=O)N/N=C/c1ccc(OC(=O)c2ccccc2Cl)cc1. The molecule has 0 fully saturated rings. The number of amides is 1. The van der Waals surface area contributed by atoms with Crippen molar-refractivity contribution in [1.29, 1.82) is 5.26 Å². The van der Waals surface area contributed by atoms with Crippen LogP contribution in [0.2, 0.25) is 5.02 Å². The van der Waals surface area contributed by atoms with E-state index in [0.29, 0.717) is 27.6 Å². The summed E-state index contributed by atoms with van der Waals surface area (Å²) < 4.78 is 10.6. The quantitative estimate of drug-likeness (QED) is 0.263. The third-order valence-corrected chi connectivity index (χ3v) is 4.28. The first-order chi connectivity index (χ1) is 15.1. The molecule has 154 valence electrons. The molecule has 0 atom stereocenters. The Labute approximate surface area is 183 Å². The number of ether oxygens (including phenoxy) is 2. The lowest BCUT2D eigenvalue weighted by Gasteiger charge is -2.06. The van der Waals surface area contributed by atoms with Crippen molar-refractivity contribution in [2.45, 2.75) is 0 Å². The predicted octanol–water partition coefficient (Wildman–Crippen LogP) is 3.96. The van der Waals surface area contributed by atoms with Crippen LogP contribution in [0.5, 0.6) is 11.5 Å². The maximum Gasteiger partial charge on any atom is 0.345 e. The van der Waals surface area contributed by atoms with E-state index in [2.05, 4.69) is 10.5 Å². The van der Waals surface area contributed by atoms with Gasteiger partial charge in [0.2, 0.25) is 0 Å². The molecule has 3 rings (SSSR count). The van der Waals surface area contributed by atoms with Crippen LogP contribution in [0.25, 0.3) is 0 Å². The van der Waals surface area contributed by atoms with Crippen molar-refractivity contribution >= 4 is 29.7 Å². The minimum absolute atomic E-state index is 0.275. The maximum absolute atomic E-state index is 12.2. The number of para-hydroxylation sites is 1.